The van der Waals surface area contributed by atoms with Crippen LogP contribution in [-0.4, -0.2) is 41.1 Å². The van der Waals surface area contributed by atoms with E-state index < -0.39 is 18.6 Å². The number of Topliss-reactive ketones (excluding diaryl/α,β-unsaturated/α-hetero) is 1. The van der Waals surface area contributed by atoms with Gasteiger partial charge in [-0.2, -0.15) is 0 Å². The number of ketones is 1. The smallest absolute Gasteiger partial charge is 0.330 e. The van der Waals surface area contributed by atoms with Crippen LogP contribution < -0.4 is 0 Å². The first-order valence-electron chi connectivity index (χ1n) is 10.7. The number of nitrogens with zero attached hydrogens (tertiary/aromatic N) is 1. The molecule has 1 saturated heterocycles. The summed E-state index contributed by atoms with van der Waals surface area (Å²) in [6.07, 6.45) is 5.30. The second kappa shape index (κ2) is 6.89. The molecule has 6 rings (SSSR count). The van der Waals surface area contributed by atoms with Crippen molar-refractivity contribution in [2.45, 2.75) is 26.3 Å². The number of hydrogen-bond acceptors (Lipinski definition) is 5. The van der Waals surface area contributed by atoms with Crippen molar-refractivity contribution in [3.8, 4) is 0 Å². The van der Waals surface area contributed by atoms with Crippen LogP contribution in [0.5, 0.6) is 0 Å². The van der Waals surface area contributed by atoms with Crippen LogP contribution in [0.25, 0.3) is 0 Å². The SMILES string of the molecule is CC(C)[C@@H](C(=O)OCC(=O)c1ccccc1)N1C(=O)[C@H]2[C@@H]3C=C[C@H]([C@H]4C[C@H]34)[C@@H]2C1=O. The molecule has 5 aliphatic rings. The molecule has 7 atom stereocenters. The number of imide groups is 1. The molecule has 0 aromatic heterocycles. The van der Waals surface area contributed by atoms with E-state index in [0.717, 1.165) is 11.3 Å². The van der Waals surface area contributed by atoms with Crippen LogP contribution in [0.1, 0.15) is 30.6 Å². The van der Waals surface area contributed by atoms with Crippen molar-refractivity contribution >= 4 is 23.6 Å². The van der Waals surface area contributed by atoms with E-state index >= 15 is 0 Å². The average molecular weight is 407 g/mol. The fraction of sp³-hybridized carbons (Fsp3) is 0.500. The summed E-state index contributed by atoms with van der Waals surface area (Å²) >= 11 is 0. The number of esters is 1. The number of carbonyl (C=O) groups is 4. The van der Waals surface area contributed by atoms with E-state index in [0.29, 0.717) is 17.4 Å². The van der Waals surface area contributed by atoms with Gasteiger partial charge in [-0.1, -0.05) is 56.3 Å². The lowest BCUT2D eigenvalue weighted by atomic mass is 9.63. The highest BCUT2D eigenvalue weighted by Crippen LogP contribution is 2.65. The van der Waals surface area contributed by atoms with Crippen molar-refractivity contribution in [3.63, 3.8) is 0 Å². The Morgan fingerprint density at radius 3 is 2.10 bits per heavy atom. The van der Waals surface area contributed by atoms with Crippen molar-refractivity contribution in [2.75, 3.05) is 6.61 Å². The van der Waals surface area contributed by atoms with Gasteiger partial charge in [0.05, 0.1) is 11.8 Å². The molecule has 1 aromatic carbocycles. The van der Waals surface area contributed by atoms with Crippen LogP contribution >= 0.6 is 0 Å². The zero-order valence-corrected chi connectivity index (χ0v) is 17.1. The molecule has 6 heteroatoms. The van der Waals surface area contributed by atoms with Crippen LogP contribution in [-0.2, 0) is 19.1 Å². The molecule has 3 fully saturated rings. The van der Waals surface area contributed by atoms with Gasteiger partial charge in [0.2, 0.25) is 11.8 Å². The molecule has 6 nitrogen and oxygen atoms in total. The molecule has 1 heterocycles. The van der Waals surface area contributed by atoms with E-state index in [4.69, 9.17) is 4.74 Å². The molecule has 30 heavy (non-hydrogen) atoms. The minimum absolute atomic E-state index is 0.106. The summed E-state index contributed by atoms with van der Waals surface area (Å²) in [5.74, 6) is -1.30. The Kier molecular flexibility index (Phi) is 4.42. The second-order valence-corrected chi connectivity index (χ2v) is 9.29. The summed E-state index contributed by atoms with van der Waals surface area (Å²) in [6, 6.07) is 7.58. The number of allylic oxidation sites excluding steroid dienone is 2. The quantitative estimate of drug-likeness (QED) is 0.313. The highest BCUT2D eigenvalue weighted by atomic mass is 16.5. The molecule has 1 aliphatic heterocycles. The Bertz CT molecular complexity index is 916. The number of benzene rings is 1. The van der Waals surface area contributed by atoms with Gasteiger partial charge in [0.1, 0.15) is 6.04 Å². The molecule has 2 bridgehead atoms. The summed E-state index contributed by atoms with van der Waals surface area (Å²) < 4.78 is 5.29. The largest absolute Gasteiger partial charge is 0.456 e. The summed E-state index contributed by atoms with van der Waals surface area (Å²) in [4.78, 5) is 53.0. The maximum Gasteiger partial charge on any atom is 0.330 e. The number of likely N-dealkylation sites (tertiary alicyclic amines) is 1. The van der Waals surface area contributed by atoms with Gasteiger partial charge in [-0.3, -0.25) is 19.3 Å². The first-order chi connectivity index (χ1) is 14.4. The molecule has 2 amide bonds. The normalized spacial score (nSPS) is 34.0. The zero-order valence-electron chi connectivity index (χ0n) is 17.1. The predicted molar refractivity (Wildman–Crippen MR) is 107 cm³/mol. The fourth-order valence-electron chi connectivity index (χ4n) is 5.86. The fourth-order valence-corrected chi connectivity index (χ4v) is 5.86. The maximum atomic E-state index is 13.3. The van der Waals surface area contributed by atoms with E-state index in [-0.39, 0.29) is 47.2 Å². The van der Waals surface area contributed by atoms with Gasteiger partial charge in [-0.05, 0) is 36.0 Å². The maximum absolute atomic E-state index is 13.3. The van der Waals surface area contributed by atoms with Crippen LogP contribution in [0.4, 0.5) is 0 Å². The Hall–Kier alpha value is -2.76. The van der Waals surface area contributed by atoms with Crippen molar-refractivity contribution in [1.82, 2.24) is 4.90 Å². The van der Waals surface area contributed by atoms with Crippen LogP contribution in [0.15, 0.2) is 42.5 Å². The molecule has 0 N–H and O–H groups in total. The third kappa shape index (κ3) is 2.76. The van der Waals surface area contributed by atoms with E-state index in [2.05, 4.69) is 12.2 Å². The molecule has 156 valence electrons. The lowest BCUT2D eigenvalue weighted by Gasteiger charge is -2.37. The lowest BCUT2D eigenvalue weighted by molar-refractivity contribution is -0.160. The Morgan fingerprint density at radius 1 is 1.00 bits per heavy atom. The summed E-state index contributed by atoms with van der Waals surface area (Å²) in [5, 5.41) is 0. The highest BCUT2D eigenvalue weighted by Gasteiger charge is 2.68. The molecular formula is C24H25NO5. The van der Waals surface area contributed by atoms with Gasteiger partial charge in [-0.25, -0.2) is 4.79 Å². The predicted octanol–water partition coefficient (Wildman–Crippen LogP) is 2.49. The molecule has 4 aliphatic carbocycles. The molecule has 2 saturated carbocycles. The van der Waals surface area contributed by atoms with Crippen molar-refractivity contribution in [3.05, 3.63) is 48.0 Å². The number of carbonyl (C=O) groups excluding carboxylic acids is 4. The lowest BCUT2D eigenvalue weighted by Crippen LogP contribution is -2.49. The topological polar surface area (TPSA) is 80.8 Å². The third-order valence-corrected chi connectivity index (χ3v) is 7.29. The van der Waals surface area contributed by atoms with E-state index in [1.54, 1.807) is 44.2 Å². The van der Waals surface area contributed by atoms with Crippen LogP contribution in [0.3, 0.4) is 0 Å². The minimum atomic E-state index is -1.00. The Morgan fingerprint density at radius 2 is 1.57 bits per heavy atom. The number of amides is 2. The number of rotatable bonds is 6. The first-order valence-corrected chi connectivity index (χ1v) is 10.7. The summed E-state index contributed by atoms with van der Waals surface area (Å²) in [5.41, 5.74) is 0.451. The Labute approximate surface area is 175 Å². The van der Waals surface area contributed by atoms with E-state index in [9.17, 15) is 19.2 Å². The molecular weight excluding hydrogens is 382 g/mol. The van der Waals surface area contributed by atoms with Gasteiger partial charge in [0.15, 0.2) is 12.4 Å². The zero-order chi connectivity index (χ0) is 21.2. The molecule has 0 unspecified atom stereocenters. The summed E-state index contributed by atoms with van der Waals surface area (Å²) in [7, 11) is 0. The number of hydrogen-bond donors (Lipinski definition) is 0. The third-order valence-electron chi connectivity index (χ3n) is 7.29. The monoisotopic (exact) mass is 407 g/mol. The van der Waals surface area contributed by atoms with Gasteiger partial charge in [0.25, 0.3) is 0 Å². The van der Waals surface area contributed by atoms with E-state index in [1.807, 2.05) is 0 Å². The average Bonchev–Trinajstić information content (AvgIpc) is 3.53. The number of ether oxygens (including phenoxy) is 1. The van der Waals surface area contributed by atoms with Crippen molar-refractivity contribution in [1.29, 1.82) is 0 Å². The van der Waals surface area contributed by atoms with Gasteiger partial charge in [0, 0.05) is 5.56 Å². The van der Waals surface area contributed by atoms with Gasteiger partial charge in [-0.15, -0.1) is 0 Å². The Balaban J connectivity index is 1.34. The van der Waals surface area contributed by atoms with Crippen molar-refractivity contribution in [2.24, 2.45) is 41.4 Å². The summed E-state index contributed by atoms with van der Waals surface area (Å²) in [6.45, 7) is 3.17. The molecule has 0 spiro atoms. The van der Waals surface area contributed by atoms with E-state index in [1.165, 1.54) is 0 Å². The van der Waals surface area contributed by atoms with Gasteiger partial charge < -0.3 is 4.74 Å². The molecule has 1 aromatic rings. The van der Waals surface area contributed by atoms with Gasteiger partial charge >= 0.3 is 5.97 Å². The van der Waals surface area contributed by atoms with Crippen LogP contribution in [0.2, 0.25) is 0 Å². The van der Waals surface area contributed by atoms with Crippen molar-refractivity contribution < 1.29 is 23.9 Å². The van der Waals surface area contributed by atoms with Crippen LogP contribution in [0, 0.1) is 41.4 Å². The second-order valence-electron chi connectivity index (χ2n) is 9.29. The standard InChI is InChI=1S/C24H25NO5/c1-12(2)21(24(29)30-11-18(26)13-6-4-3-5-7-13)25-22(27)19-14-8-9-15(17-10-16(14)17)20(19)23(25)28/h3-9,12,14-17,19-21H,10-11H2,1-2H3/t14-,15-,16-,17-,19+,20+,21+/m1/s1. The minimum Gasteiger partial charge on any atom is -0.456 e. The highest BCUT2D eigenvalue weighted by molar-refractivity contribution is 6.09. The molecule has 0 radical (unpaired) electrons. The first kappa shape index (κ1) is 19.2.